The second kappa shape index (κ2) is 9.86. The zero-order valence-corrected chi connectivity index (χ0v) is 17.8. The predicted molar refractivity (Wildman–Crippen MR) is 120 cm³/mol. The molecule has 0 bridgehead atoms. The number of carbonyl (C=O) groups excluding carboxylic acids is 1. The molecule has 0 aliphatic carbocycles. The van der Waals surface area contributed by atoms with Crippen LogP contribution >= 0.6 is 24.8 Å². The van der Waals surface area contributed by atoms with Gasteiger partial charge in [0.2, 0.25) is 0 Å². The van der Waals surface area contributed by atoms with Gasteiger partial charge in [0.15, 0.2) is 0 Å². The van der Waals surface area contributed by atoms with Crippen LogP contribution in [0.2, 0.25) is 0 Å². The van der Waals surface area contributed by atoms with E-state index >= 15 is 0 Å². The molecular weight excluding hydrogens is 381 g/mol. The Morgan fingerprint density at radius 2 is 1.81 bits per heavy atom. The Hall–Kier alpha value is -1.91. The monoisotopic (exact) mass is 409 g/mol. The van der Waals surface area contributed by atoms with Crippen LogP contribution in [-0.4, -0.2) is 26.0 Å². The first-order valence-electron chi connectivity index (χ1n) is 8.98. The Balaban J connectivity index is 0.00000182. The van der Waals surface area contributed by atoms with Crippen LogP contribution in [-0.2, 0) is 6.42 Å². The Labute approximate surface area is 174 Å². The van der Waals surface area contributed by atoms with Gasteiger partial charge in [-0.05, 0) is 60.7 Å². The van der Waals surface area contributed by atoms with Gasteiger partial charge < -0.3 is 15.5 Å². The fourth-order valence-electron chi connectivity index (χ4n) is 3.53. The SMILES string of the molecule is CC(C)CN(C)c1ccc(C(=O)N2CCCc3c(N)cccc32)cc1.Cl.Cl. The number of anilines is 3. The molecular formula is C21H29Cl2N3O. The first-order valence-corrected chi connectivity index (χ1v) is 8.98. The van der Waals surface area contributed by atoms with E-state index < -0.39 is 0 Å². The van der Waals surface area contributed by atoms with Gasteiger partial charge in [-0.3, -0.25) is 4.79 Å². The fourth-order valence-corrected chi connectivity index (χ4v) is 3.53. The molecule has 4 nitrogen and oxygen atoms in total. The minimum Gasteiger partial charge on any atom is -0.398 e. The summed E-state index contributed by atoms with van der Waals surface area (Å²) in [5.41, 5.74) is 10.8. The second-order valence-corrected chi connectivity index (χ2v) is 7.23. The van der Waals surface area contributed by atoms with Gasteiger partial charge in [-0.25, -0.2) is 0 Å². The van der Waals surface area contributed by atoms with Crippen LogP contribution in [0.4, 0.5) is 17.1 Å². The minimum absolute atomic E-state index is 0. The Morgan fingerprint density at radius 1 is 1.15 bits per heavy atom. The Morgan fingerprint density at radius 3 is 2.44 bits per heavy atom. The van der Waals surface area contributed by atoms with Crippen molar-refractivity contribution < 1.29 is 4.79 Å². The van der Waals surface area contributed by atoms with E-state index in [0.29, 0.717) is 5.92 Å². The second-order valence-electron chi connectivity index (χ2n) is 7.23. The molecule has 2 aromatic carbocycles. The van der Waals surface area contributed by atoms with Crippen molar-refractivity contribution in [3.63, 3.8) is 0 Å². The molecule has 0 fully saturated rings. The summed E-state index contributed by atoms with van der Waals surface area (Å²) in [7, 11) is 2.08. The molecule has 1 heterocycles. The average molecular weight is 410 g/mol. The predicted octanol–water partition coefficient (Wildman–Crippen LogP) is 4.80. The van der Waals surface area contributed by atoms with Crippen LogP contribution in [0.15, 0.2) is 42.5 Å². The van der Waals surface area contributed by atoms with Crippen LogP contribution in [0.3, 0.4) is 0 Å². The van der Waals surface area contributed by atoms with Crippen molar-refractivity contribution in [3.8, 4) is 0 Å². The zero-order valence-electron chi connectivity index (χ0n) is 16.1. The number of nitrogen functional groups attached to an aromatic ring is 1. The van der Waals surface area contributed by atoms with Gasteiger partial charge >= 0.3 is 0 Å². The van der Waals surface area contributed by atoms with E-state index in [1.54, 1.807) is 0 Å². The number of rotatable bonds is 4. The summed E-state index contributed by atoms with van der Waals surface area (Å²) in [6.07, 6.45) is 1.88. The number of nitrogens with two attached hydrogens (primary N) is 1. The molecule has 6 heteroatoms. The van der Waals surface area contributed by atoms with Crippen molar-refractivity contribution in [1.82, 2.24) is 0 Å². The third-order valence-corrected chi connectivity index (χ3v) is 4.73. The van der Waals surface area contributed by atoms with E-state index in [1.165, 1.54) is 0 Å². The molecule has 2 aromatic rings. The average Bonchev–Trinajstić information content (AvgIpc) is 2.60. The highest BCUT2D eigenvalue weighted by atomic mass is 35.5. The van der Waals surface area contributed by atoms with Crippen molar-refractivity contribution in [3.05, 3.63) is 53.6 Å². The van der Waals surface area contributed by atoms with Crippen molar-refractivity contribution in [2.75, 3.05) is 35.7 Å². The summed E-state index contributed by atoms with van der Waals surface area (Å²) in [5, 5.41) is 0. The smallest absolute Gasteiger partial charge is 0.258 e. The highest BCUT2D eigenvalue weighted by molar-refractivity contribution is 6.07. The molecule has 0 radical (unpaired) electrons. The van der Waals surface area contributed by atoms with Gasteiger partial charge in [0.05, 0.1) is 0 Å². The highest BCUT2D eigenvalue weighted by Gasteiger charge is 2.24. The van der Waals surface area contributed by atoms with Gasteiger partial charge in [-0.15, -0.1) is 24.8 Å². The summed E-state index contributed by atoms with van der Waals surface area (Å²) in [5.74, 6) is 0.645. The van der Waals surface area contributed by atoms with Gasteiger partial charge in [0.1, 0.15) is 0 Å². The van der Waals surface area contributed by atoms with E-state index in [0.717, 1.165) is 54.1 Å². The first kappa shape index (κ1) is 23.1. The number of carbonyl (C=O) groups is 1. The molecule has 2 N–H and O–H groups in total. The molecule has 1 aliphatic heterocycles. The van der Waals surface area contributed by atoms with Gasteiger partial charge in [0, 0.05) is 42.8 Å². The summed E-state index contributed by atoms with van der Waals surface area (Å²) in [6.45, 7) is 6.14. The number of fused-ring (bicyclic) bond motifs is 1. The Bertz CT molecular complexity index is 763. The number of benzene rings is 2. The van der Waals surface area contributed by atoms with Crippen LogP contribution in [0, 0.1) is 5.92 Å². The molecule has 0 saturated carbocycles. The molecule has 0 atom stereocenters. The number of amides is 1. The molecule has 1 amide bonds. The Kier molecular flexibility index (Phi) is 8.45. The van der Waals surface area contributed by atoms with Gasteiger partial charge in [-0.1, -0.05) is 19.9 Å². The standard InChI is InChI=1S/C21H27N3O.2ClH/c1-15(2)14-23(3)17-11-9-16(10-12-17)21(25)24-13-5-6-18-19(22)7-4-8-20(18)24;;/h4,7-12,15H,5-6,13-14,22H2,1-3H3;2*1H. The van der Waals surface area contributed by atoms with E-state index in [2.05, 4.69) is 25.8 Å². The van der Waals surface area contributed by atoms with E-state index in [4.69, 9.17) is 5.73 Å². The number of nitrogens with zero attached hydrogens (tertiary/aromatic N) is 2. The van der Waals surface area contributed by atoms with Crippen LogP contribution < -0.4 is 15.5 Å². The minimum atomic E-state index is 0. The van der Waals surface area contributed by atoms with Crippen LogP contribution in [0.5, 0.6) is 0 Å². The van der Waals surface area contributed by atoms with Gasteiger partial charge in [-0.2, -0.15) is 0 Å². The third-order valence-electron chi connectivity index (χ3n) is 4.73. The molecule has 3 rings (SSSR count). The lowest BCUT2D eigenvalue weighted by Gasteiger charge is -2.30. The topological polar surface area (TPSA) is 49.6 Å². The largest absolute Gasteiger partial charge is 0.398 e. The van der Waals surface area contributed by atoms with E-state index in [9.17, 15) is 4.79 Å². The molecule has 0 saturated heterocycles. The molecule has 0 aromatic heterocycles. The maximum Gasteiger partial charge on any atom is 0.258 e. The number of hydrogen-bond acceptors (Lipinski definition) is 3. The molecule has 1 aliphatic rings. The molecule has 148 valence electrons. The van der Waals surface area contributed by atoms with Gasteiger partial charge in [0.25, 0.3) is 5.91 Å². The summed E-state index contributed by atoms with van der Waals surface area (Å²) < 4.78 is 0. The lowest BCUT2D eigenvalue weighted by atomic mass is 9.99. The lowest BCUT2D eigenvalue weighted by molar-refractivity contribution is 0.0985. The fraction of sp³-hybridized carbons (Fsp3) is 0.381. The van der Waals surface area contributed by atoms with Crippen LogP contribution in [0.25, 0.3) is 0 Å². The highest BCUT2D eigenvalue weighted by Crippen LogP contribution is 2.32. The summed E-state index contributed by atoms with van der Waals surface area (Å²) in [4.78, 5) is 17.1. The first-order chi connectivity index (χ1) is 12.0. The van der Waals surface area contributed by atoms with Crippen molar-refractivity contribution in [1.29, 1.82) is 0 Å². The molecule has 27 heavy (non-hydrogen) atoms. The molecule has 0 unspecified atom stereocenters. The number of halogens is 2. The maximum atomic E-state index is 13.0. The van der Waals surface area contributed by atoms with E-state index in [1.807, 2.05) is 47.4 Å². The third kappa shape index (κ3) is 5.08. The number of hydrogen-bond donors (Lipinski definition) is 1. The normalized spacial score (nSPS) is 12.7. The molecule has 0 spiro atoms. The lowest BCUT2D eigenvalue weighted by Crippen LogP contribution is -2.35. The van der Waals surface area contributed by atoms with Crippen molar-refractivity contribution in [2.45, 2.75) is 26.7 Å². The van der Waals surface area contributed by atoms with Crippen molar-refractivity contribution >= 4 is 47.8 Å². The van der Waals surface area contributed by atoms with E-state index in [-0.39, 0.29) is 30.7 Å². The zero-order chi connectivity index (χ0) is 18.0. The maximum absolute atomic E-state index is 13.0. The summed E-state index contributed by atoms with van der Waals surface area (Å²) >= 11 is 0. The summed E-state index contributed by atoms with van der Waals surface area (Å²) in [6, 6.07) is 13.7. The quantitative estimate of drug-likeness (QED) is 0.737. The van der Waals surface area contributed by atoms with Crippen LogP contribution in [0.1, 0.15) is 36.2 Å². The van der Waals surface area contributed by atoms with Crippen molar-refractivity contribution in [2.24, 2.45) is 5.92 Å².